The third-order valence-electron chi connectivity index (χ3n) is 10.7. The largest absolute Gasteiger partial charge is 0.309 e. The van der Waals surface area contributed by atoms with Gasteiger partial charge in [0.05, 0.1) is 39.0 Å². The van der Waals surface area contributed by atoms with Gasteiger partial charge in [-0.15, -0.1) is 0 Å². The lowest BCUT2D eigenvalue weighted by Gasteiger charge is -2.13. The number of hydrogen-bond acceptors (Lipinski definition) is 1. The van der Waals surface area contributed by atoms with E-state index in [1.54, 1.807) is 0 Å². The topological polar surface area (TPSA) is 22.2 Å². The molecule has 0 bridgehead atoms. The lowest BCUT2D eigenvalue weighted by molar-refractivity contribution is 1.18. The Morgan fingerprint density at radius 1 is 0.308 bits per heavy atom. The predicted molar refractivity (Wildman–Crippen MR) is 218 cm³/mol. The van der Waals surface area contributed by atoms with Gasteiger partial charge >= 0.3 is 0 Å². The highest BCUT2D eigenvalue weighted by atomic mass is 15.0. The number of aromatic nitrogens is 3. The molecule has 3 nitrogen and oxygen atoms in total. The molecule has 52 heavy (non-hydrogen) atoms. The van der Waals surface area contributed by atoms with Crippen LogP contribution in [-0.4, -0.2) is 14.0 Å². The summed E-state index contributed by atoms with van der Waals surface area (Å²) in [5.74, 6) is 0. The summed E-state index contributed by atoms with van der Waals surface area (Å²) in [6.45, 7) is 0. The Morgan fingerprint density at radius 2 is 0.865 bits per heavy atom. The fraction of sp³-hybridized carbons (Fsp3) is 0. The van der Waals surface area contributed by atoms with Gasteiger partial charge in [0.1, 0.15) is 0 Å². The molecule has 0 aliphatic heterocycles. The molecule has 242 valence electrons. The van der Waals surface area contributed by atoms with Gasteiger partial charge in [0.25, 0.3) is 0 Å². The first kappa shape index (κ1) is 28.8. The van der Waals surface area contributed by atoms with Gasteiger partial charge in [-0.1, -0.05) is 140 Å². The minimum Gasteiger partial charge on any atom is -0.309 e. The van der Waals surface area contributed by atoms with E-state index in [9.17, 15) is 0 Å². The van der Waals surface area contributed by atoms with Crippen LogP contribution in [0.2, 0.25) is 0 Å². The molecule has 7 aromatic carbocycles. The van der Waals surface area contributed by atoms with Gasteiger partial charge < -0.3 is 8.97 Å². The minimum atomic E-state index is 0.945. The molecule has 0 atom stereocenters. The van der Waals surface area contributed by atoms with Crippen molar-refractivity contribution in [1.82, 2.24) is 14.0 Å². The molecular weight excluding hydrogens is 631 g/mol. The van der Waals surface area contributed by atoms with Gasteiger partial charge in [0.15, 0.2) is 0 Å². The van der Waals surface area contributed by atoms with Crippen LogP contribution in [0.15, 0.2) is 188 Å². The maximum Gasteiger partial charge on any atom is 0.0716 e. The van der Waals surface area contributed by atoms with Crippen LogP contribution in [0.25, 0.3) is 99.2 Å². The highest BCUT2D eigenvalue weighted by Crippen LogP contribution is 2.41. The van der Waals surface area contributed by atoms with Crippen molar-refractivity contribution in [2.24, 2.45) is 0 Å². The van der Waals surface area contributed by atoms with Gasteiger partial charge in [-0.05, 0) is 65.0 Å². The van der Waals surface area contributed by atoms with E-state index >= 15 is 0 Å². The van der Waals surface area contributed by atoms with E-state index in [1.165, 1.54) is 65.5 Å². The summed E-state index contributed by atoms with van der Waals surface area (Å²) in [4.78, 5) is 5.27. The molecule has 0 amide bonds. The molecule has 0 radical (unpaired) electrons. The lowest BCUT2D eigenvalue weighted by atomic mass is 10.00. The van der Waals surface area contributed by atoms with Crippen LogP contribution >= 0.6 is 0 Å². The smallest absolute Gasteiger partial charge is 0.0716 e. The second-order valence-electron chi connectivity index (χ2n) is 13.6. The SMILES string of the molecule is c1ccc(-c2cc(-c3ccccc3)nc(-c3cccc(-n4c5ccccc5c5ccc6c(cc7c8ccccc8c8ccccc8n76)c54)c3)c2)cc1. The number of para-hydroxylation sites is 2. The van der Waals surface area contributed by atoms with Gasteiger partial charge in [-0.3, -0.25) is 0 Å². The van der Waals surface area contributed by atoms with E-state index in [4.69, 9.17) is 4.98 Å². The standard InChI is InChI=1S/C49H31N3/c1-3-14-32(15-4-1)35-29-43(33-16-5-2-6-17-33)50-44(30-35)34-18-13-19-36(28-34)51-45-24-11-10-23-40(45)41-26-27-47-42(49(41)51)31-48-39-22-8-7-20-37(39)38-21-9-12-25-46(38)52(47)48/h1-31H. The van der Waals surface area contributed by atoms with Crippen LogP contribution in [0, 0.1) is 0 Å². The number of nitrogens with zero attached hydrogens (tertiary/aromatic N) is 3. The fourth-order valence-corrected chi connectivity index (χ4v) is 8.34. The van der Waals surface area contributed by atoms with Gasteiger partial charge in [0.2, 0.25) is 0 Å². The first-order valence-corrected chi connectivity index (χ1v) is 17.8. The summed E-state index contributed by atoms with van der Waals surface area (Å²) in [6.07, 6.45) is 0. The Kier molecular flexibility index (Phi) is 6.25. The number of benzene rings is 7. The molecule has 0 unspecified atom stereocenters. The van der Waals surface area contributed by atoms with E-state index in [-0.39, 0.29) is 0 Å². The van der Waals surface area contributed by atoms with Gasteiger partial charge in [-0.2, -0.15) is 0 Å². The highest BCUT2D eigenvalue weighted by Gasteiger charge is 2.20. The molecule has 11 aromatic rings. The minimum absolute atomic E-state index is 0.945. The molecule has 0 spiro atoms. The first-order chi connectivity index (χ1) is 25.8. The average molecular weight is 662 g/mol. The predicted octanol–water partition coefficient (Wildman–Crippen LogP) is 12.9. The Balaban J connectivity index is 1.20. The van der Waals surface area contributed by atoms with Crippen molar-refractivity contribution in [3.05, 3.63) is 188 Å². The zero-order valence-electron chi connectivity index (χ0n) is 28.2. The summed E-state index contributed by atoms with van der Waals surface area (Å²) in [5, 5.41) is 7.51. The maximum absolute atomic E-state index is 5.27. The molecule has 4 aromatic heterocycles. The summed E-state index contributed by atoms with van der Waals surface area (Å²) in [7, 11) is 0. The zero-order chi connectivity index (χ0) is 34.2. The van der Waals surface area contributed by atoms with E-state index < -0.39 is 0 Å². The molecule has 0 fully saturated rings. The quantitative estimate of drug-likeness (QED) is 0.172. The highest BCUT2D eigenvalue weighted by molar-refractivity contribution is 6.22. The van der Waals surface area contributed by atoms with Crippen LogP contribution in [0.3, 0.4) is 0 Å². The van der Waals surface area contributed by atoms with Crippen LogP contribution < -0.4 is 0 Å². The maximum atomic E-state index is 5.27. The second kappa shape index (κ2) is 11.3. The molecule has 0 N–H and O–H groups in total. The third-order valence-corrected chi connectivity index (χ3v) is 10.7. The summed E-state index contributed by atoms with van der Waals surface area (Å²) in [5.41, 5.74) is 13.5. The lowest BCUT2D eigenvalue weighted by Crippen LogP contribution is -1.96. The van der Waals surface area contributed by atoms with Crippen LogP contribution in [-0.2, 0) is 0 Å². The number of pyridine rings is 2. The van der Waals surface area contributed by atoms with E-state index in [1.807, 2.05) is 0 Å². The van der Waals surface area contributed by atoms with Crippen molar-refractivity contribution in [1.29, 1.82) is 0 Å². The molecule has 3 heteroatoms. The molecular formula is C49H31N3. The average Bonchev–Trinajstić information content (AvgIpc) is 3.79. The van der Waals surface area contributed by atoms with E-state index in [0.717, 1.165) is 33.8 Å². The first-order valence-electron chi connectivity index (χ1n) is 17.8. The molecule has 0 aliphatic rings. The number of fused-ring (bicyclic) bond motifs is 12. The van der Waals surface area contributed by atoms with Gasteiger partial charge in [-0.25, -0.2) is 4.98 Å². The van der Waals surface area contributed by atoms with Gasteiger partial charge in [0, 0.05) is 43.7 Å². The summed E-state index contributed by atoms with van der Waals surface area (Å²) < 4.78 is 4.91. The Hall–Kier alpha value is -6.97. The third kappa shape index (κ3) is 4.30. The normalized spacial score (nSPS) is 11.8. The van der Waals surface area contributed by atoms with Crippen molar-refractivity contribution in [2.45, 2.75) is 0 Å². The Labute approximate surface area is 300 Å². The molecule has 0 saturated carbocycles. The fourth-order valence-electron chi connectivity index (χ4n) is 8.34. The van der Waals surface area contributed by atoms with E-state index in [2.05, 4.69) is 197 Å². The Morgan fingerprint density at radius 3 is 1.62 bits per heavy atom. The van der Waals surface area contributed by atoms with Crippen LogP contribution in [0.1, 0.15) is 0 Å². The van der Waals surface area contributed by atoms with Crippen molar-refractivity contribution in [3.8, 4) is 39.3 Å². The monoisotopic (exact) mass is 661 g/mol. The summed E-state index contributed by atoms with van der Waals surface area (Å²) in [6, 6.07) is 67.8. The second-order valence-corrected chi connectivity index (χ2v) is 13.6. The number of rotatable bonds is 4. The summed E-state index contributed by atoms with van der Waals surface area (Å²) >= 11 is 0. The molecule has 11 rings (SSSR count). The van der Waals surface area contributed by atoms with E-state index in [0.29, 0.717) is 0 Å². The number of hydrogen-bond donors (Lipinski definition) is 0. The Bertz CT molecular complexity index is 3110. The molecule has 0 saturated heterocycles. The van der Waals surface area contributed by atoms with Crippen LogP contribution in [0.5, 0.6) is 0 Å². The van der Waals surface area contributed by atoms with Crippen molar-refractivity contribution in [3.63, 3.8) is 0 Å². The van der Waals surface area contributed by atoms with Crippen molar-refractivity contribution < 1.29 is 0 Å². The van der Waals surface area contributed by atoms with Crippen LogP contribution in [0.4, 0.5) is 0 Å². The molecule has 0 aliphatic carbocycles. The zero-order valence-corrected chi connectivity index (χ0v) is 28.2. The van der Waals surface area contributed by atoms with Crippen molar-refractivity contribution >= 4 is 59.9 Å². The molecule has 4 heterocycles. The van der Waals surface area contributed by atoms with Crippen molar-refractivity contribution in [2.75, 3.05) is 0 Å².